The number of carbonyl (C=O) groups is 3. The van der Waals surface area contributed by atoms with E-state index in [1.807, 2.05) is 0 Å². The average Bonchev–Trinajstić information content (AvgIpc) is 3.67. The fraction of sp³-hybridized carbons (Fsp3) is 0.952. The summed E-state index contributed by atoms with van der Waals surface area (Å²) < 4.78 is 104. The predicted molar refractivity (Wildman–Crippen MR) is 333 cm³/mol. The number of unbranched alkanes of at least 4 members (excludes halogenated alkanes) is 24. The van der Waals surface area contributed by atoms with E-state index in [2.05, 4.69) is 19.2 Å². The van der Waals surface area contributed by atoms with Crippen LogP contribution in [0.2, 0.25) is 0 Å². The molecule has 0 saturated carbocycles. The van der Waals surface area contributed by atoms with Gasteiger partial charge in [0.05, 0.1) is 165 Å². The molecule has 1 amide bonds. The van der Waals surface area contributed by atoms with Crippen molar-refractivity contribution in [2.24, 2.45) is 0 Å². The third-order valence-electron chi connectivity index (χ3n) is 13.4. The smallest absolute Gasteiger partial charge is 0.462 e. The molecule has 0 bridgehead atoms. The standard InChI is InChI=1S/C63H124NO22P/c1-4-6-8-10-12-14-16-18-20-22-24-26-28-30-61(65)83-58-60(86-62(66)31-29-27-25-23-21-19-17-15-13-11-9-7-5-2)59-85-87(68,69)84-33-32-64-63(67)82-57-56-81-55-54-80-53-52-79-51-50-78-49-48-77-47-46-76-45-44-75-43-42-74-41-40-73-39-38-72-37-36-71-35-34-70-3/h60H,4-59H2,1-3H3,(H,64,67)(H,68,69)/t60-/m1/s1. The van der Waals surface area contributed by atoms with Gasteiger partial charge in [0.15, 0.2) is 6.10 Å². The number of phosphoric ester groups is 1. The monoisotopic (exact) mass is 1280 g/mol. The minimum Gasteiger partial charge on any atom is -0.462 e. The lowest BCUT2D eigenvalue weighted by molar-refractivity contribution is -0.161. The molecule has 2 N–H and O–H groups in total. The van der Waals surface area contributed by atoms with Crippen LogP contribution < -0.4 is 5.32 Å². The highest BCUT2D eigenvalue weighted by molar-refractivity contribution is 7.47. The molecule has 0 heterocycles. The van der Waals surface area contributed by atoms with E-state index in [9.17, 15) is 23.8 Å². The molecule has 24 heteroatoms. The Hall–Kier alpha value is -2.16. The van der Waals surface area contributed by atoms with Crippen molar-refractivity contribution in [3.05, 3.63) is 0 Å². The van der Waals surface area contributed by atoms with Gasteiger partial charge in [0.25, 0.3) is 0 Å². The molecule has 518 valence electrons. The molecule has 2 atom stereocenters. The minimum absolute atomic E-state index is 0.0309. The zero-order chi connectivity index (χ0) is 63.1. The fourth-order valence-corrected chi connectivity index (χ4v) is 9.16. The van der Waals surface area contributed by atoms with E-state index >= 15 is 0 Å². The van der Waals surface area contributed by atoms with Gasteiger partial charge in [-0.05, 0) is 12.8 Å². The van der Waals surface area contributed by atoms with E-state index in [-0.39, 0.29) is 52.4 Å². The average molecular weight is 1280 g/mol. The maximum atomic E-state index is 12.8. The van der Waals surface area contributed by atoms with Crippen LogP contribution in [0, 0.1) is 0 Å². The molecule has 0 spiro atoms. The predicted octanol–water partition coefficient (Wildman–Crippen LogP) is 11.1. The summed E-state index contributed by atoms with van der Waals surface area (Å²) in [5.74, 6) is -0.932. The third kappa shape index (κ3) is 71.1. The van der Waals surface area contributed by atoms with Gasteiger partial charge in [0.2, 0.25) is 0 Å². The van der Waals surface area contributed by atoms with Crippen LogP contribution in [0.4, 0.5) is 4.79 Å². The molecular weight excluding hydrogens is 1150 g/mol. The number of hydrogen-bond donors (Lipinski definition) is 2. The van der Waals surface area contributed by atoms with E-state index < -0.39 is 38.6 Å². The highest BCUT2D eigenvalue weighted by Crippen LogP contribution is 2.43. The molecule has 0 radical (unpaired) electrons. The third-order valence-corrected chi connectivity index (χ3v) is 14.3. The van der Waals surface area contributed by atoms with Gasteiger partial charge in [-0.1, -0.05) is 168 Å². The van der Waals surface area contributed by atoms with Crippen LogP contribution >= 0.6 is 7.82 Å². The Kier molecular flexibility index (Phi) is 69.5. The van der Waals surface area contributed by atoms with Crippen molar-refractivity contribution in [3.8, 4) is 0 Å². The number of phosphoric acid groups is 1. The second-order valence-corrected chi connectivity index (χ2v) is 22.6. The number of ether oxygens (including phenoxy) is 15. The van der Waals surface area contributed by atoms with Gasteiger partial charge in [-0.3, -0.25) is 18.6 Å². The van der Waals surface area contributed by atoms with E-state index in [0.29, 0.717) is 152 Å². The van der Waals surface area contributed by atoms with Gasteiger partial charge in [0, 0.05) is 26.5 Å². The van der Waals surface area contributed by atoms with Gasteiger partial charge in [-0.15, -0.1) is 0 Å². The van der Waals surface area contributed by atoms with E-state index in [1.54, 1.807) is 7.11 Å². The summed E-state index contributed by atoms with van der Waals surface area (Å²) in [6.45, 7) is 13.3. The maximum Gasteiger partial charge on any atom is 0.472 e. The number of methoxy groups -OCH3 is 1. The molecule has 0 aliphatic carbocycles. The van der Waals surface area contributed by atoms with Crippen LogP contribution in [0.5, 0.6) is 0 Å². The highest BCUT2D eigenvalue weighted by Gasteiger charge is 2.26. The normalized spacial score (nSPS) is 12.6. The fourth-order valence-electron chi connectivity index (χ4n) is 8.41. The quantitative estimate of drug-likeness (QED) is 0.0248. The Morgan fingerprint density at radius 3 is 0.954 bits per heavy atom. The van der Waals surface area contributed by atoms with Crippen molar-refractivity contribution in [1.82, 2.24) is 5.32 Å². The molecule has 0 aromatic heterocycles. The minimum atomic E-state index is -4.65. The number of rotatable bonds is 74. The zero-order valence-corrected chi connectivity index (χ0v) is 55.5. The Morgan fingerprint density at radius 2 is 0.632 bits per heavy atom. The number of amides is 1. The molecular formula is C63H124NO22P. The van der Waals surface area contributed by atoms with Crippen molar-refractivity contribution in [1.29, 1.82) is 0 Å². The lowest BCUT2D eigenvalue weighted by Gasteiger charge is -2.20. The first kappa shape index (κ1) is 84.8. The Morgan fingerprint density at radius 1 is 0.345 bits per heavy atom. The molecule has 0 aromatic carbocycles. The van der Waals surface area contributed by atoms with Crippen molar-refractivity contribution < 1.29 is 104 Å². The van der Waals surface area contributed by atoms with Gasteiger partial charge in [-0.25, -0.2) is 9.36 Å². The first-order valence-corrected chi connectivity index (χ1v) is 34.9. The molecule has 0 fully saturated rings. The lowest BCUT2D eigenvalue weighted by atomic mass is 10.0. The van der Waals surface area contributed by atoms with Crippen LogP contribution in [0.1, 0.15) is 194 Å². The molecule has 0 aliphatic rings. The van der Waals surface area contributed by atoms with E-state index in [1.165, 1.54) is 116 Å². The number of esters is 2. The summed E-state index contributed by atoms with van der Waals surface area (Å²) in [5.41, 5.74) is 0. The topological polar surface area (TPSA) is 257 Å². The van der Waals surface area contributed by atoms with Crippen LogP contribution in [-0.4, -0.2) is 221 Å². The first-order chi connectivity index (χ1) is 42.7. The first-order valence-electron chi connectivity index (χ1n) is 33.5. The van der Waals surface area contributed by atoms with Crippen LogP contribution in [0.25, 0.3) is 0 Å². The van der Waals surface area contributed by atoms with Crippen LogP contribution in [0.3, 0.4) is 0 Å². The second-order valence-electron chi connectivity index (χ2n) is 21.2. The highest BCUT2D eigenvalue weighted by atomic mass is 31.2. The van der Waals surface area contributed by atoms with Gasteiger partial charge in [-0.2, -0.15) is 0 Å². The maximum absolute atomic E-state index is 12.8. The summed E-state index contributed by atoms with van der Waals surface area (Å²) in [5, 5.41) is 2.42. The van der Waals surface area contributed by atoms with E-state index in [4.69, 9.17) is 80.1 Å². The van der Waals surface area contributed by atoms with Crippen molar-refractivity contribution in [2.45, 2.75) is 200 Å². The number of alkyl carbamates (subject to hydrolysis) is 1. The Labute approximate surface area is 525 Å². The number of hydrogen-bond acceptors (Lipinski definition) is 21. The lowest BCUT2D eigenvalue weighted by Crippen LogP contribution is -2.30. The second kappa shape index (κ2) is 71.3. The van der Waals surface area contributed by atoms with Gasteiger partial charge in [0.1, 0.15) is 13.2 Å². The van der Waals surface area contributed by atoms with Crippen molar-refractivity contribution in [3.63, 3.8) is 0 Å². The molecule has 87 heavy (non-hydrogen) atoms. The summed E-state index contributed by atoms with van der Waals surface area (Å²) in [6, 6.07) is 0. The van der Waals surface area contributed by atoms with Crippen molar-refractivity contribution in [2.75, 3.05) is 192 Å². The van der Waals surface area contributed by atoms with Crippen molar-refractivity contribution >= 4 is 25.9 Å². The molecule has 0 saturated heterocycles. The SMILES string of the molecule is CCCCCCCCCCCCCCCC(=O)OC[C@H](COP(=O)(O)OCCNC(=O)OCCOCCOCCOCCOCCOCCOCCOCCOCCOCCOCCOCCOC)OC(=O)CCCCCCCCCCCCCCC. The van der Waals surface area contributed by atoms with E-state index in [0.717, 1.165) is 38.5 Å². The molecule has 23 nitrogen and oxygen atoms in total. The zero-order valence-electron chi connectivity index (χ0n) is 54.6. The molecule has 0 rings (SSSR count). The summed E-state index contributed by atoms with van der Waals surface area (Å²) in [4.78, 5) is 48.0. The summed E-state index contributed by atoms with van der Waals surface area (Å²) >= 11 is 0. The number of nitrogens with one attached hydrogen (secondary N) is 1. The summed E-state index contributed by atoms with van der Waals surface area (Å²) in [6.07, 6.45) is 29.3. The van der Waals surface area contributed by atoms with Crippen LogP contribution in [-0.2, 0) is 94.3 Å². The molecule has 0 aromatic rings. The van der Waals surface area contributed by atoms with Gasteiger partial charge < -0.3 is 81.3 Å². The Bertz CT molecular complexity index is 1480. The van der Waals surface area contributed by atoms with Crippen LogP contribution in [0.15, 0.2) is 0 Å². The Balaban J connectivity index is 4.02. The molecule has 0 aliphatic heterocycles. The summed E-state index contributed by atoms with van der Waals surface area (Å²) in [7, 11) is -3.01. The number of carbonyl (C=O) groups excluding carboxylic acids is 3. The van der Waals surface area contributed by atoms with Gasteiger partial charge >= 0.3 is 25.9 Å². The molecule has 1 unspecified atom stereocenters. The largest absolute Gasteiger partial charge is 0.472 e.